The van der Waals surface area contributed by atoms with Crippen molar-refractivity contribution in [3.63, 3.8) is 0 Å². The Hall–Kier alpha value is -2.18. The van der Waals surface area contributed by atoms with E-state index in [1.54, 1.807) is 0 Å². The Balaban J connectivity index is 1.90. The highest BCUT2D eigenvalue weighted by Crippen LogP contribution is 2.27. The fourth-order valence-electron chi connectivity index (χ4n) is 2.52. The number of sulfone groups is 1. The van der Waals surface area contributed by atoms with E-state index >= 15 is 0 Å². The van der Waals surface area contributed by atoms with Crippen molar-refractivity contribution in [2.24, 2.45) is 0 Å². The van der Waals surface area contributed by atoms with Crippen LogP contribution >= 0.6 is 11.6 Å². The molecule has 124 valence electrons. The zero-order valence-electron chi connectivity index (χ0n) is 13.0. The fourth-order valence-corrected chi connectivity index (χ4v) is 3.72. The average molecular weight is 362 g/mol. The summed E-state index contributed by atoms with van der Waals surface area (Å²) in [7, 11) is -3.28. The standard InChI is InChI=1S/C17H16ClN3O2S/c1-24(22,23)17(10-21-12-19-11-20-21)15-4-2-13(3-5-15)14-6-8-16(18)9-7-14/h2-9,11-12,17H,10H2,1H3. The van der Waals surface area contributed by atoms with Gasteiger partial charge in [-0.1, -0.05) is 48.0 Å². The van der Waals surface area contributed by atoms with Crippen LogP contribution in [0, 0.1) is 0 Å². The monoisotopic (exact) mass is 361 g/mol. The summed E-state index contributed by atoms with van der Waals surface area (Å²) in [6.07, 6.45) is 4.14. The van der Waals surface area contributed by atoms with Gasteiger partial charge in [-0.25, -0.2) is 13.4 Å². The molecule has 0 N–H and O–H groups in total. The summed E-state index contributed by atoms with van der Waals surface area (Å²) in [4.78, 5) is 3.86. The van der Waals surface area contributed by atoms with Crippen LogP contribution in [0.5, 0.6) is 0 Å². The fraction of sp³-hybridized carbons (Fsp3) is 0.176. The minimum atomic E-state index is -3.28. The maximum atomic E-state index is 12.2. The van der Waals surface area contributed by atoms with Crippen molar-refractivity contribution in [2.45, 2.75) is 11.8 Å². The number of aromatic nitrogens is 3. The molecule has 7 heteroatoms. The van der Waals surface area contributed by atoms with Gasteiger partial charge in [-0.15, -0.1) is 0 Å². The van der Waals surface area contributed by atoms with Crippen LogP contribution in [0.1, 0.15) is 10.8 Å². The van der Waals surface area contributed by atoms with Crippen LogP contribution in [-0.4, -0.2) is 29.4 Å². The predicted molar refractivity (Wildman–Crippen MR) is 94.5 cm³/mol. The maximum Gasteiger partial charge on any atom is 0.156 e. The highest BCUT2D eigenvalue weighted by atomic mass is 35.5. The van der Waals surface area contributed by atoms with Crippen LogP contribution in [0.2, 0.25) is 5.02 Å². The second-order valence-electron chi connectivity index (χ2n) is 5.56. The third kappa shape index (κ3) is 3.83. The van der Waals surface area contributed by atoms with Gasteiger partial charge in [-0.2, -0.15) is 5.10 Å². The summed E-state index contributed by atoms with van der Waals surface area (Å²) >= 11 is 5.90. The number of halogens is 1. The molecule has 1 aromatic heterocycles. The van der Waals surface area contributed by atoms with Gasteiger partial charge in [0.25, 0.3) is 0 Å². The largest absolute Gasteiger partial charge is 0.251 e. The molecule has 0 amide bonds. The van der Waals surface area contributed by atoms with E-state index in [0.717, 1.165) is 16.7 Å². The minimum Gasteiger partial charge on any atom is -0.251 e. The van der Waals surface area contributed by atoms with Gasteiger partial charge in [0.1, 0.15) is 17.9 Å². The molecule has 0 aliphatic heterocycles. The molecule has 0 bridgehead atoms. The molecule has 0 saturated heterocycles. The topological polar surface area (TPSA) is 64.8 Å². The first-order valence-electron chi connectivity index (χ1n) is 7.30. The van der Waals surface area contributed by atoms with Crippen LogP contribution in [0.25, 0.3) is 11.1 Å². The van der Waals surface area contributed by atoms with Crippen molar-refractivity contribution < 1.29 is 8.42 Å². The molecule has 0 saturated carbocycles. The smallest absolute Gasteiger partial charge is 0.156 e. The molecule has 0 fully saturated rings. The second-order valence-corrected chi connectivity index (χ2v) is 8.23. The zero-order valence-corrected chi connectivity index (χ0v) is 14.6. The lowest BCUT2D eigenvalue weighted by atomic mass is 10.0. The molecule has 3 aromatic rings. The summed E-state index contributed by atoms with van der Waals surface area (Å²) in [5.41, 5.74) is 2.76. The van der Waals surface area contributed by atoms with E-state index in [4.69, 9.17) is 11.6 Å². The molecule has 5 nitrogen and oxygen atoms in total. The Labute approximate surface area is 145 Å². The van der Waals surface area contributed by atoms with E-state index in [9.17, 15) is 8.42 Å². The molecule has 0 aliphatic carbocycles. The Bertz CT molecular complexity index is 905. The highest BCUT2D eigenvalue weighted by Gasteiger charge is 2.23. The number of hydrogen-bond acceptors (Lipinski definition) is 4. The van der Waals surface area contributed by atoms with Gasteiger partial charge in [0, 0.05) is 11.3 Å². The lowest BCUT2D eigenvalue weighted by Gasteiger charge is -2.16. The molecule has 1 unspecified atom stereocenters. The number of rotatable bonds is 5. The first-order valence-corrected chi connectivity index (χ1v) is 9.64. The van der Waals surface area contributed by atoms with Crippen LogP contribution in [0.4, 0.5) is 0 Å². The van der Waals surface area contributed by atoms with Crippen molar-refractivity contribution in [3.05, 3.63) is 71.8 Å². The number of nitrogens with zero attached hydrogens (tertiary/aromatic N) is 3. The van der Waals surface area contributed by atoms with E-state index in [2.05, 4.69) is 10.1 Å². The molecule has 24 heavy (non-hydrogen) atoms. The first-order chi connectivity index (χ1) is 11.4. The number of hydrogen-bond donors (Lipinski definition) is 0. The van der Waals surface area contributed by atoms with E-state index in [-0.39, 0.29) is 6.54 Å². The molecule has 1 heterocycles. The molecule has 0 radical (unpaired) electrons. The summed E-state index contributed by atoms with van der Waals surface area (Å²) in [6, 6.07) is 15.0. The molecular weight excluding hydrogens is 346 g/mol. The second kappa shape index (κ2) is 6.75. The normalized spacial score (nSPS) is 12.9. The van der Waals surface area contributed by atoms with Crippen LogP contribution < -0.4 is 0 Å². The Kier molecular flexibility index (Phi) is 4.69. The van der Waals surface area contributed by atoms with Crippen molar-refractivity contribution in [1.29, 1.82) is 0 Å². The third-order valence-electron chi connectivity index (χ3n) is 3.80. The van der Waals surface area contributed by atoms with Crippen molar-refractivity contribution in [2.75, 3.05) is 6.26 Å². The van der Waals surface area contributed by atoms with Crippen molar-refractivity contribution in [3.8, 4) is 11.1 Å². The summed E-state index contributed by atoms with van der Waals surface area (Å²) < 4.78 is 25.9. The van der Waals surface area contributed by atoms with Crippen molar-refractivity contribution in [1.82, 2.24) is 14.8 Å². The van der Waals surface area contributed by atoms with E-state index in [0.29, 0.717) is 5.02 Å². The SMILES string of the molecule is CS(=O)(=O)C(Cn1cncn1)c1ccc(-c2ccc(Cl)cc2)cc1. The first kappa shape index (κ1) is 16.7. The van der Waals surface area contributed by atoms with Gasteiger partial charge in [-0.05, 0) is 28.8 Å². The summed E-state index contributed by atoms with van der Waals surface area (Å²) in [6.45, 7) is 0.235. The third-order valence-corrected chi connectivity index (χ3v) is 5.50. The molecule has 3 rings (SSSR count). The molecule has 1 atom stereocenters. The highest BCUT2D eigenvalue weighted by molar-refractivity contribution is 7.90. The Morgan fingerprint density at radius 2 is 1.62 bits per heavy atom. The van der Waals surface area contributed by atoms with Gasteiger partial charge in [-0.3, -0.25) is 4.68 Å². The lowest BCUT2D eigenvalue weighted by Crippen LogP contribution is -2.18. The van der Waals surface area contributed by atoms with E-state index in [1.807, 2.05) is 48.5 Å². The molecule has 2 aromatic carbocycles. The van der Waals surface area contributed by atoms with Crippen molar-refractivity contribution >= 4 is 21.4 Å². The van der Waals surface area contributed by atoms with Crippen LogP contribution in [-0.2, 0) is 16.4 Å². The van der Waals surface area contributed by atoms with Gasteiger partial charge in [0.2, 0.25) is 0 Å². The Morgan fingerprint density at radius 3 is 2.12 bits per heavy atom. The van der Waals surface area contributed by atoms with Gasteiger partial charge in [0.05, 0.1) is 6.54 Å². The number of benzene rings is 2. The summed E-state index contributed by atoms with van der Waals surface area (Å²) in [5, 5.41) is 4.01. The predicted octanol–water partition coefficient (Wildman–Crippen LogP) is 3.38. The maximum absolute atomic E-state index is 12.2. The minimum absolute atomic E-state index is 0.235. The van der Waals surface area contributed by atoms with E-state index < -0.39 is 15.1 Å². The van der Waals surface area contributed by atoms with Gasteiger partial charge < -0.3 is 0 Å². The molecule has 0 aliphatic rings. The Morgan fingerprint density at radius 1 is 1.04 bits per heavy atom. The van der Waals surface area contributed by atoms with Gasteiger partial charge in [0.15, 0.2) is 9.84 Å². The quantitative estimate of drug-likeness (QED) is 0.698. The average Bonchev–Trinajstić information content (AvgIpc) is 3.06. The lowest BCUT2D eigenvalue weighted by molar-refractivity contribution is 0.547. The zero-order chi connectivity index (χ0) is 17.2. The molecular formula is C17H16ClN3O2S. The summed E-state index contributed by atoms with van der Waals surface area (Å²) in [5.74, 6) is 0. The van der Waals surface area contributed by atoms with Gasteiger partial charge >= 0.3 is 0 Å². The van der Waals surface area contributed by atoms with Crippen LogP contribution in [0.3, 0.4) is 0 Å². The molecule has 0 spiro atoms. The van der Waals surface area contributed by atoms with E-state index in [1.165, 1.54) is 23.6 Å². The van der Waals surface area contributed by atoms with Crippen LogP contribution in [0.15, 0.2) is 61.2 Å².